The Morgan fingerprint density at radius 2 is 1.83 bits per heavy atom. The SMILES string of the molecule is Cc1ccsc1C(=O)N1CCC(NC(=O)C2CCCCC2)CC1. The monoisotopic (exact) mass is 334 g/mol. The van der Waals surface area contributed by atoms with Crippen LogP contribution < -0.4 is 5.32 Å². The summed E-state index contributed by atoms with van der Waals surface area (Å²) in [5.41, 5.74) is 1.06. The van der Waals surface area contributed by atoms with Gasteiger partial charge in [-0.05, 0) is 49.6 Å². The average molecular weight is 334 g/mol. The number of amides is 2. The summed E-state index contributed by atoms with van der Waals surface area (Å²) in [6, 6.07) is 2.23. The van der Waals surface area contributed by atoms with Crippen LogP contribution >= 0.6 is 11.3 Å². The maximum atomic E-state index is 12.5. The minimum Gasteiger partial charge on any atom is -0.353 e. The largest absolute Gasteiger partial charge is 0.353 e. The summed E-state index contributed by atoms with van der Waals surface area (Å²) >= 11 is 1.52. The summed E-state index contributed by atoms with van der Waals surface area (Å²) in [7, 11) is 0. The Labute approximate surface area is 142 Å². The molecule has 0 atom stereocenters. The van der Waals surface area contributed by atoms with Crippen LogP contribution in [0.15, 0.2) is 11.4 Å². The summed E-state index contributed by atoms with van der Waals surface area (Å²) in [6.07, 6.45) is 7.47. The zero-order valence-corrected chi connectivity index (χ0v) is 14.7. The second kappa shape index (κ2) is 7.47. The van der Waals surface area contributed by atoms with E-state index in [4.69, 9.17) is 0 Å². The van der Waals surface area contributed by atoms with Crippen molar-refractivity contribution in [2.24, 2.45) is 5.92 Å². The second-order valence-electron chi connectivity index (χ2n) is 6.84. The van der Waals surface area contributed by atoms with Crippen molar-refractivity contribution in [2.75, 3.05) is 13.1 Å². The molecule has 1 aromatic heterocycles. The minimum atomic E-state index is 0.148. The molecular weight excluding hydrogens is 308 g/mol. The van der Waals surface area contributed by atoms with E-state index in [1.807, 2.05) is 23.3 Å². The number of thiophene rings is 1. The molecule has 0 unspecified atom stereocenters. The number of hydrogen-bond donors (Lipinski definition) is 1. The summed E-state index contributed by atoms with van der Waals surface area (Å²) in [5, 5.41) is 5.19. The number of nitrogens with one attached hydrogen (secondary N) is 1. The number of likely N-dealkylation sites (tertiary alicyclic amines) is 1. The molecule has 2 fully saturated rings. The standard InChI is InChI=1S/C18H26N2O2S/c1-13-9-12-23-16(13)18(22)20-10-7-15(8-11-20)19-17(21)14-5-3-2-4-6-14/h9,12,14-15H,2-8,10-11H2,1H3,(H,19,21). The fourth-order valence-corrected chi connectivity index (χ4v) is 4.54. The maximum absolute atomic E-state index is 12.5. The Morgan fingerprint density at radius 3 is 2.43 bits per heavy atom. The first-order valence-electron chi connectivity index (χ1n) is 8.79. The van der Waals surface area contributed by atoms with Gasteiger partial charge >= 0.3 is 0 Å². The maximum Gasteiger partial charge on any atom is 0.264 e. The number of carbonyl (C=O) groups excluding carboxylic acids is 2. The molecule has 0 bridgehead atoms. The van der Waals surface area contributed by atoms with Gasteiger partial charge < -0.3 is 10.2 Å². The van der Waals surface area contributed by atoms with Gasteiger partial charge in [-0.1, -0.05) is 19.3 Å². The first-order valence-corrected chi connectivity index (χ1v) is 9.67. The molecule has 1 N–H and O–H groups in total. The number of rotatable bonds is 3. The fraction of sp³-hybridized carbons (Fsp3) is 0.667. The lowest BCUT2D eigenvalue weighted by Gasteiger charge is -2.33. The first kappa shape index (κ1) is 16.5. The molecule has 2 heterocycles. The first-order chi connectivity index (χ1) is 11.1. The molecule has 0 spiro atoms. The third-order valence-corrected chi connectivity index (χ3v) is 6.17. The Balaban J connectivity index is 1.47. The van der Waals surface area contributed by atoms with Crippen LogP contribution in [0.3, 0.4) is 0 Å². The van der Waals surface area contributed by atoms with Gasteiger partial charge in [-0.15, -0.1) is 11.3 Å². The molecule has 3 rings (SSSR count). The Morgan fingerprint density at radius 1 is 1.13 bits per heavy atom. The van der Waals surface area contributed by atoms with Crippen LogP contribution in [0, 0.1) is 12.8 Å². The van der Waals surface area contributed by atoms with Crippen molar-refractivity contribution in [3.63, 3.8) is 0 Å². The number of nitrogens with zero attached hydrogens (tertiary/aromatic N) is 1. The van der Waals surface area contributed by atoms with Gasteiger partial charge in [-0.25, -0.2) is 0 Å². The normalized spacial score (nSPS) is 20.5. The van der Waals surface area contributed by atoms with E-state index in [2.05, 4.69) is 5.32 Å². The number of hydrogen-bond acceptors (Lipinski definition) is 3. The van der Waals surface area contributed by atoms with Crippen LogP contribution in [0.25, 0.3) is 0 Å². The van der Waals surface area contributed by atoms with E-state index in [9.17, 15) is 9.59 Å². The molecule has 126 valence electrons. The summed E-state index contributed by atoms with van der Waals surface area (Å²) in [4.78, 5) is 27.6. The molecule has 1 aromatic rings. The van der Waals surface area contributed by atoms with Gasteiger partial charge in [0.05, 0.1) is 4.88 Å². The zero-order valence-electron chi connectivity index (χ0n) is 13.8. The van der Waals surface area contributed by atoms with E-state index in [1.165, 1.54) is 30.6 Å². The van der Waals surface area contributed by atoms with Crippen molar-refractivity contribution in [1.29, 1.82) is 0 Å². The van der Waals surface area contributed by atoms with Crippen molar-refractivity contribution in [1.82, 2.24) is 10.2 Å². The average Bonchev–Trinajstić information content (AvgIpc) is 3.02. The van der Waals surface area contributed by atoms with Gasteiger partial charge in [0.1, 0.15) is 0 Å². The molecule has 1 saturated carbocycles. The lowest BCUT2D eigenvalue weighted by molar-refractivity contribution is -0.126. The molecule has 23 heavy (non-hydrogen) atoms. The number of aryl methyl sites for hydroxylation is 1. The Hall–Kier alpha value is -1.36. The molecule has 1 saturated heterocycles. The van der Waals surface area contributed by atoms with Crippen LogP contribution in [0.2, 0.25) is 0 Å². The van der Waals surface area contributed by atoms with Gasteiger partial charge in [-0.3, -0.25) is 9.59 Å². The molecule has 1 aliphatic carbocycles. The van der Waals surface area contributed by atoms with Crippen LogP contribution in [-0.4, -0.2) is 35.8 Å². The second-order valence-corrected chi connectivity index (χ2v) is 7.76. The van der Waals surface area contributed by atoms with Gasteiger partial charge in [0.25, 0.3) is 5.91 Å². The molecule has 4 nitrogen and oxygen atoms in total. The zero-order chi connectivity index (χ0) is 16.2. The van der Waals surface area contributed by atoms with E-state index < -0.39 is 0 Å². The topological polar surface area (TPSA) is 49.4 Å². The van der Waals surface area contributed by atoms with E-state index >= 15 is 0 Å². The van der Waals surface area contributed by atoms with Gasteiger partial charge in [-0.2, -0.15) is 0 Å². The molecular formula is C18H26N2O2S. The number of carbonyl (C=O) groups is 2. The highest BCUT2D eigenvalue weighted by Gasteiger charge is 2.28. The fourth-order valence-electron chi connectivity index (χ4n) is 3.65. The van der Waals surface area contributed by atoms with E-state index in [-0.39, 0.29) is 23.8 Å². The van der Waals surface area contributed by atoms with Crippen molar-refractivity contribution >= 4 is 23.2 Å². The highest BCUT2D eigenvalue weighted by molar-refractivity contribution is 7.12. The Kier molecular flexibility index (Phi) is 5.36. The van der Waals surface area contributed by atoms with Crippen LogP contribution in [0.5, 0.6) is 0 Å². The molecule has 1 aliphatic heterocycles. The molecule has 0 radical (unpaired) electrons. The lowest BCUT2D eigenvalue weighted by atomic mass is 9.88. The predicted octanol–water partition coefficient (Wildman–Crippen LogP) is 3.36. The number of piperidine rings is 1. The third-order valence-electron chi connectivity index (χ3n) is 5.16. The van der Waals surface area contributed by atoms with Gasteiger partial charge in [0.15, 0.2) is 0 Å². The predicted molar refractivity (Wildman–Crippen MR) is 92.7 cm³/mol. The van der Waals surface area contributed by atoms with Crippen LogP contribution in [0.1, 0.15) is 60.2 Å². The van der Waals surface area contributed by atoms with Crippen LogP contribution in [-0.2, 0) is 4.79 Å². The van der Waals surface area contributed by atoms with Crippen LogP contribution in [0.4, 0.5) is 0 Å². The van der Waals surface area contributed by atoms with Crippen molar-refractivity contribution < 1.29 is 9.59 Å². The van der Waals surface area contributed by atoms with Gasteiger partial charge in [0.2, 0.25) is 5.91 Å². The lowest BCUT2D eigenvalue weighted by Crippen LogP contribution is -2.48. The van der Waals surface area contributed by atoms with E-state index in [0.29, 0.717) is 0 Å². The van der Waals surface area contributed by atoms with Crippen molar-refractivity contribution in [3.8, 4) is 0 Å². The molecule has 2 amide bonds. The molecule has 2 aliphatic rings. The minimum absolute atomic E-state index is 0.148. The van der Waals surface area contributed by atoms with Gasteiger partial charge in [0, 0.05) is 25.0 Å². The molecule has 0 aromatic carbocycles. The summed E-state index contributed by atoms with van der Waals surface area (Å²) in [5.74, 6) is 0.607. The van der Waals surface area contributed by atoms with Crippen molar-refractivity contribution in [3.05, 3.63) is 21.9 Å². The summed E-state index contributed by atoms with van der Waals surface area (Å²) in [6.45, 7) is 3.47. The summed E-state index contributed by atoms with van der Waals surface area (Å²) < 4.78 is 0. The smallest absolute Gasteiger partial charge is 0.264 e. The molecule has 5 heteroatoms. The highest BCUT2D eigenvalue weighted by Crippen LogP contribution is 2.25. The van der Waals surface area contributed by atoms with E-state index in [0.717, 1.165) is 49.2 Å². The third kappa shape index (κ3) is 3.94. The Bertz CT molecular complexity index is 555. The van der Waals surface area contributed by atoms with E-state index in [1.54, 1.807) is 0 Å². The van der Waals surface area contributed by atoms with Crippen molar-refractivity contribution in [2.45, 2.75) is 57.9 Å². The quantitative estimate of drug-likeness (QED) is 0.921. The highest BCUT2D eigenvalue weighted by atomic mass is 32.1.